The summed E-state index contributed by atoms with van der Waals surface area (Å²) in [7, 11) is 0. The van der Waals surface area contributed by atoms with Gasteiger partial charge in [0.2, 0.25) is 0 Å². The third-order valence-corrected chi connectivity index (χ3v) is 1.97. The molecule has 2 aromatic rings. The molecule has 0 saturated carbocycles. The van der Waals surface area contributed by atoms with Gasteiger partial charge in [0.1, 0.15) is 5.56 Å². The van der Waals surface area contributed by atoms with Crippen LogP contribution in [-0.4, -0.2) is 20.7 Å². The minimum atomic E-state index is -0.940. The largest absolute Gasteiger partial charge is 0.478 e. The van der Waals surface area contributed by atoms with Crippen LogP contribution in [0, 0.1) is 6.92 Å². The molecule has 0 bridgehead atoms. The van der Waals surface area contributed by atoms with Gasteiger partial charge in [-0.25, -0.2) is 9.31 Å². The van der Waals surface area contributed by atoms with E-state index in [1.165, 1.54) is 6.20 Å². The topological polar surface area (TPSA) is 54.6 Å². The first kappa shape index (κ1) is 7.79. The molecule has 13 heavy (non-hydrogen) atoms. The molecule has 0 radical (unpaired) electrons. The number of hydrogen-bond donors (Lipinski definition) is 1. The second kappa shape index (κ2) is 2.58. The maximum Gasteiger partial charge on any atom is 0.339 e. The van der Waals surface area contributed by atoms with Gasteiger partial charge in [0.05, 0.1) is 11.7 Å². The lowest BCUT2D eigenvalue weighted by molar-refractivity contribution is 0.0699. The van der Waals surface area contributed by atoms with Gasteiger partial charge in [-0.15, -0.1) is 0 Å². The zero-order valence-corrected chi connectivity index (χ0v) is 7.06. The number of carbonyl (C=O) groups is 1. The van der Waals surface area contributed by atoms with E-state index < -0.39 is 5.97 Å². The molecular formula is C9H8N2O2. The van der Waals surface area contributed by atoms with Crippen molar-refractivity contribution >= 4 is 11.5 Å². The highest BCUT2D eigenvalue weighted by molar-refractivity contribution is 5.96. The Morgan fingerprint density at radius 1 is 1.62 bits per heavy atom. The summed E-state index contributed by atoms with van der Waals surface area (Å²) < 4.78 is 1.57. The summed E-state index contributed by atoms with van der Waals surface area (Å²) in [5.41, 5.74) is 1.82. The number of nitrogens with zero attached hydrogens (tertiary/aromatic N) is 2. The summed E-state index contributed by atoms with van der Waals surface area (Å²) in [6.45, 7) is 1.86. The fourth-order valence-corrected chi connectivity index (χ4v) is 1.37. The van der Waals surface area contributed by atoms with Crippen molar-refractivity contribution in [2.75, 3.05) is 0 Å². The van der Waals surface area contributed by atoms with Gasteiger partial charge >= 0.3 is 5.97 Å². The Hall–Kier alpha value is -1.84. The summed E-state index contributed by atoms with van der Waals surface area (Å²) in [6.07, 6.45) is 3.10. The molecule has 2 aromatic heterocycles. The molecule has 66 valence electrons. The van der Waals surface area contributed by atoms with Crippen LogP contribution in [0.4, 0.5) is 0 Å². The number of rotatable bonds is 1. The van der Waals surface area contributed by atoms with Crippen LogP contribution >= 0.6 is 0 Å². The molecule has 4 nitrogen and oxygen atoms in total. The summed E-state index contributed by atoms with van der Waals surface area (Å²) in [4.78, 5) is 10.8. The van der Waals surface area contributed by atoms with E-state index in [-0.39, 0.29) is 5.56 Å². The fourth-order valence-electron chi connectivity index (χ4n) is 1.37. The highest BCUT2D eigenvalue weighted by Gasteiger charge is 2.11. The van der Waals surface area contributed by atoms with Crippen molar-refractivity contribution in [2.45, 2.75) is 6.92 Å². The first-order valence-corrected chi connectivity index (χ1v) is 3.86. The Balaban J connectivity index is 2.86. The van der Waals surface area contributed by atoms with Gasteiger partial charge in [-0.05, 0) is 18.6 Å². The van der Waals surface area contributed by atoms with E-state index in [0.29, 0.717) is 5.52 Å². The minimum absolute atomic E-state index is 0.248. The van der Waals surface area contributed by atoms with Crippen molar-refractivity contribution in [3.8, 4) is 0 Å². The van der Waals surface area contributed by atoms with Crippen LogP contribution in [-0.2, 0) is 0 Å². The molecule has 0 atom stereocenters. The number of hydrogen-bond acceptors (Lipinski definition) is 2. The van der Waals surface area contributed by atoms with Crippen molar-refractivity contribution in [1.29, 1.82) is 0 Å². The molecule has 0 unspecified atom stereocenters. The fraction of sp³-hybridized carbons (Fsp3) is 0.111. The van der Waals surface area contributed by atoms with Crippen LogP contribution in [0.3, 0.4) is 0 Å². The van der Waals surface area contributed by atoms with Crippen LogP contribution < -0.4 is 0 Å². The predicted octanol–water partition coefficient (Wildman–Crippen LogP) is 1.34. The molecule has 0 aromatic carbocycles. The number of aromatic carboxylic acids is 1. The number of aryl methyl sites for hydroxylation is 1. The van der Waals surface area contributed by atoms with E-state index in [0.717, 1.165) is 5.56 Å². The van der Waals surface area contributed by atoms with Gasteiger partial charge < -0.3 is 5.11 Å². The summed E-state index contributed by atoms with van der Waals surface area (Å²) in [5.74, 6) is -0.940. The van der Waals surface area contributed by atoms with Gasteiger partial charge in [-0.1, -0.05) is 6.07 Å². The van der Waals surface area contributed by atoms with E-state index in [9.17, 15) is 4.79 Å². The maximum absolute atomic E-state index is 10.8. The molecule has 0 saturated heterocycles. The summed E-state index contributed by atoms with van der Waals surface area (Å²) in [5, 5.41) is 12.8. The maximum atomic E-state index is 10.8. The molecule has 0 aliphatic carbocycles. The van der Waals surface area contributed by atoms with E-state index >= 15 is 0 Å². The molecule has 0 aliphatic heterocycles. The Morgan fingerprint density at radius 2 is 2.38 bits per heavy atom. The van der Waals surface area contributed by atoms with Gasteiger partial charge in [0, 0.05) is 6.20 Å². The smallest absolute Gasteiger partial charge is 0.339 e. The normalized spacial score (nSPS) is 10.5. The van der Waals surface area contributed by atoms with Crippen molar-refractivity contribution in [3.63, 3.8) is 0 Å². The molecule has 2 heterocycles. The number of fused-ring (bicyclic) bond motifs is 1. The molecule has 1 N–H and O–H groups in total. The quantitative estimate of drug-likeness (QED) is 0.713. The number of carboxylic acid groups (broad SMARTS) is 1. The predicted molar refractivity (Wildman–Crippen MR) is 46.9 cm³/mol. The van der Waals surface area contributed by atoms with Crippen molar-refractivity contribution in [3.05, 3.63) is 35.7 Å². The standard InChI is InChI=1S/C9H8N2O2/c1-6-3-2-4-11-8(6)7(5-10-11)9(12)13/h2-5H,1H3,(H,12,13). The number of pyridine rings is 1. The zero-order valence-electron chi connectivity index (χ0n) is 7.06. The zero-order chi connectivity index (χ0) is 9.42. The van der Waals surface area contributed by atoms with E-state index in [2.05, 4.69) is 5.10 Å². The highest BCUT2D eigenvalue weighted by atomic mass is 16.4. The molecule has 0 spiro atoms. The van der Waals surface area contributed by atoms with Crippen LogP contribution in [0.1, 0.15) is 15.9 Å². The average Bonchev–Trinajstić information content (AvgIpc) is 2.49. The Bertz CT molecular complexity index is 473. The van der Waals surface area contributed by atoms with Crippen molar-refractivity contribution < 1.29 is 9.90 Å². The van der Waals surface area contributed by atoms with Gasteiger partial charge in [0.25, 0.3) is 0 Å². The number of carboxylic acids is 1. The lowest BCUT2D eigenvalue weighted by Gasteiger charge is -1.97. The third kappa shape index (κ3) is 1.07. The monoisotopic (exact) mass is 176 g/mol. The molecule has 0 fully saturated rings. The van der Waals surface area contributed by atoms with Crippen LogP contribution in [0.15, 0.2) is 24.5 Å². The summed E-state index contributed by atoms with van der Waals surface area (Å²) in [6, 6.07) is 3.70. The Labute approximate surface area is 74.4 Å². The Kier molecular flexibility index (Phi) is 1.55. The minimum Gasteiger partial charge on any atom is -0.478 e. The van der Waals surface area contributed by atoms with Crippen LogP contribution in [0.5, 0.6) is 0 Å². The average molecular weight is 176 g/mol. The van der Waals surface area contributed by atoms with E-state index in [4.69, 9.17) is 5.11 Å². The van der Waals surface area contributed by atoms with Gasteiger partial charge in [-0.3, -0.25) is 0 Å². The van der Waals surface area contributed by atoms with E-state index in [1.54, 1.807) is 10.7 Å². The lowest BCUT2D eigenvalue weighted by atomic mass is 10.2. The molecule has 0 aliphatic rings. The molecule has 4 heteroatoms. The molecular weight excluding hydrogens is 168 g/mol. The van der Waals surface area contributed by atoms with Crippen LogP contribution in [0.25, 0.3) is 5.52 Å². The van der Waals surface area contributed by atoms with E-state index in [1.807, 2.05) is 19.1 Å². The molecule has 2 rings (SSSR count). The Morgan fingerprint density at radius 3 is 3.08 bits per heavy atom. The lowest BCUT2D eigenvalue weighted by Crippen LogP contribution is -1.96. The first-order valence-electron chi connectivity index (χ1n) is 3.86. The second-order valence-corrected chi connectivity index (χ2v) is 2.85. The van der Waals surface area contributed by atoms with Crippen molar-refractivity contribution in [1.82, 2.24) is 9.61 Å². The number of aromatic nitrogens is 2. The SMILES string of the molecule is Cc1cccn2ncc(C(=O)O)c12. The first-order chi connectivity index (χ1) is 6.20. The second-order valence-electron chi connectivity index (χ2n) is 2.85. The van der Waals surface area contributed by atoms with Crippen LogP contribution in [0.2, 0.25) is 0 Å². The van der Waals surface area contributed by atoms with Crippen molar-refractivity contribution in [2.24, 2.45) is 0 Å². The summed E-state index contributed by atoms with van der Waals surface area (Å²) >= 11 is 0. The van der Waals surface area contributed by atoms with Gasteiger partial charge in [-0.2, -0.15) is 5.10 Å². The third-order valence-electron chi connectivity index (χ3n) is 1.97. The molecule has 0 amide bonds. The highest BCUT2D eigenvalue weighted by Crippen LogP contribution is 2.14. The van der Waals surface area contributed by atoms with Gasteiger partial charge in [0.15, 0.2) is 0 Å².